The molecule has 0 aliphatic heterocycles. The summed E-state index contributed by atoms with van der Waals surface area (Å²) < 4.78 is 4.74. The van der Waals surface area contributed by atoms with Crippen molar-refractivity contribution in [3.8, 4) is 0 Å². The Bertz CT molecular complexity index is 722. The maximum Gasteiger partial charge on any atom is 0.315 e. The lowest BCUT2D eigenvalue weighted by Crippen LogP contribution is -2.09. The van der Waals surface area contributed by atoms with Crippen molar-refractivity contribution in [2.24, 2.45) is 0 Å². The summed E-state index contributed by atoms with van der Waals surface area (Å²) in [5, 5.41) is 0.757. The molecule has 23 heavy (non-hydrogen) atoms. The summed E-state index contributed by atoms with van der Waals surface area (Å²) in [6, 6.07) is 11.4. The molecule has 0 bridgehead atoms. The molecule has 2 aromatic rings. The van der Waals surface area contributed by atoms with Crippen molar-refractivity contribution < 1.29 is 9.53 Å². The van der Waals surface area contributed by atoms with Crippen molar-refractivity contribution >= 4 is 46.6 Å². The van der Waals surface area contributed by atoms with Crippen LogP contribution in [0.1, 0.15) is 21.9 Å². The number of carbonyl (C=O) groups is 1. The van der Waals surface area contributed by atoms with Gasteiger partial charge < -0.3 is 10.5 Å². The summed E-state index contributed by atoms with van der Waals surface area (Å²) in [6.45, 7) is 2.02. The summed E-state index contributed by atoms with van der Waals surface area (Å²) in [5.41, 5.74) is 9.59. The number of aryl methyl sites for hydroxylation is 1. The highest BCUT2D eigenvalue weighted by Gasteiger charge is 2.22. The smallest absolute Gasteiger partial charge is 0.315 e. The van der Waals surface area contributed by atoms with Gasteiger partial charge in [-0.3, -0.25) is 4.79 Å². The number of thioether (sulfide) groups is 1. The number of anilines is 1. The van der Waals surface area contributed by atoms with Crippen LogP contribution in [0.4, 0.5) is 5.69 Å². The third kappa shape index (κ3) is 4.34. The van der Waals surface area contributed by atoms with E-state index in [1.807, 2.05) is 31.2 Å². The van der Waals surface area contributed by atoms with Gasteiger partial charge in [-0.15, -0.1) is 11.8 Å². The number of halogens is 2. The zero-order valence-electron chi connectivity index (χ0n) is 12.8. The standard InChI is InChI=1S/C17H17Cl2NO2S/c1-10-5-3-4-6-12(10)17(23-9-15(21)22-2)13-7-11(18)8-14(19)16(13)20/h3-8,17H,9,20H2,1-2H3. The first-order valence-electron chi connectivity index (χ1n) is 6.92. The van der Waals surface area contributed by atoms with Crippen LogP contribution in [0, 0.1) is 6.92 Å². The Morgan fingerprint density at radius 3 is 2.61 bits per heavy atom. The van der Waals surface area contributed by atoms with E-state index < -0.39 is 0 Å². The maximum atomic E-state index is 11.6. The Morgan fingerprint density at radius 2 is 1.96 bits per heavy atom. The van der Waals surface area contributed by atoms with Gasteiger partial charge in [0.25, 0.3) is 0 Å². The lowest BCUT2D eigenvalue weighted by Gasteiger charge is -2.21. The second-order valence-electron chi connectivity index (χ2n) is 5.01. The van der Waals surface area contributed by atoms with Gasteiger partial charge in [0, 0.05) is 5.02 Å². The average Bonchev–Trinajstić information content (AvgIpc) is 2.53. The van der Waals surface area contributed by atoms with Crippen LogP contribution in [0.3, 0.4) is 0 Å². The van der Waals surface area contributed by atoms with E-state index in [-0.39, 0.29) is 17.0 Å². The molecule has 122 valence electrons. The fraction of sp³-hybridized carbons (Fsp3) is 0.235. The van der Waals surface area contributed by atoms with Gasteiger partial charge >= 0.3 is 5.97 Å². The molecule has 0 saturated carbocycles. The molecule has 2 N–H and O–H groups in total. The van der Waals surface area contributed by atoms with E-state index in [1.165, 1.54) is 18.9 Å². The van der Waals surface area contributed by atoms with Crippen LogP contribution in [0.15, 0.2) is 36.4 Å². The summed E-state index contributed by atoms with van der Waals surface area (Å²) >= 11 is 13.7. The zero-order valence-corrected chi connectivity index (χ0v) is 15.1. The van der Waals surface area contributed by atoms with Crippen LogP contribution in [-0.4, -0.2) is 18.8 Å². The van der Waals surface area contributed by atoms with Crippen molar-refractivity contribution in [2.75, 3.05) is 18.6 Å². The number of hydrogen-bond acceptors (Lipinski definition) is 4. The predicted molar refractivity (Wildman–Crippen MR) is 98.4 cm³/mol. The van der Waals surface area contributed by atoms with Gasteiger partial charge in [-0.1, -0.05) is 47.5 Å². The molecule has 0 radical (unpaired) electrons. The number of carbonyl (C=O) groups excluding carboxylic acids is 1. The molecule has 0 heterocycles. The van der Waals surface area contributed by atoms with E-state index in [0.29, 0.717) is 15.7 Å². The van der Waals surface area contributed by atoms with E-state index in [0.717, 1.165) is 16.7 Å². The van der Waals surface area contributed by atoms with Crippen LogP contribution in [0.5, 0.6) is 0 Å². The van der Waals surface area contributed by atoms with E-state index in [9.17, 15) is 4.79 Å². The van der Waals surface area contributed by atoms with Gasteiger partial charge in [-0.25, -0.2) is 0 Å². The molecule has 0 spiro atoms. The number of methoxy groups -OCH3 is 1. The minimum absolute atomic E-state index is 0.161. The Balaban J connectivity index is 2.50. The summed E-state index contributed by atoms with van der Waals surface area (Å²) in [6.07, 6.45) is 0. The van der Waals surface area contributed by atoms with Crippen LogP contribution < -0.4 is 5.73 Å². The molecule has 0 aromatic heterocycles. The molecule has 2 rings (SSSR count). The Kier molecular flexibility index (Phi) is 6.22. The topological polar surface area (TPSA) is 52.3 Å². The van der Waals surface area contributed by atoms with Gasteiger partial charge in [0.2, 0.25) is 0 Å². The predicted octanol–water partition coefficient (Wildman–Crippen LogP) is 4.88. The van der Waals surface area contributed by atoms with Crippen LogP contribution in [0.2, 0.25) is 10.0 Å². The van der Waals surface area contributed by atoms with Crippen molar-refractivity contribution in [3.63, 3.8) is 0 Å². The largest absolute Gasteiger partial charge is 0.468 e. The van der Waals surface area contributed by atoms with Crippen molar-refractivity contribution in [1.29, 1.82) is 0 Å². The second-order valence-corrected chi connectivity index (χ2v) is 6.95. The van der Waals surface area contributed by atoms with Crippen molar-refractivity contribution in [2.45, 2.75) is 12.2 Å². The number of benzene rings is 2. The third-order valence-electron chi connectivity index (χ3n) is 3.48. The maximum absolute atomic E-state index is 11.6. The molecule has 3 nitrogen and oxygen atoms in total. The normalized spacial score (nSPS) is 12.0. The molecule has 1 atom stereocenters. The van der Waals surface area contributed by atoms with Gasteiger partial charge in [0.1, 0.15) is 0 Å². The zero-order chi connectivity index (χ0) is 17.0. The van der Waals surface area contributed by atoms with Gasteiger partial charge in [0.05, 0.1) is 28.8 Å². The molecular weight excluding hydrogens is 353 g/mol. The number of rotatable bonds is 5. The molecule has 6 heteroatoms. The van der Waals surface area contributed by atoms with Crippen LogP contribution >= 0.6 is 35.0 Å². The second kappa shape index (κ2) is 7.95. The minimum atomic E-state index is -0.291. The lowest BCUT2D eigenvalue weighted by molar-refractivity contribution is -0.137. The van der Waals surface area contributed by atoms with E-state index >= 15 is 0 Å². The monoisotopic (exact) mass is 369 g/mol. The van der Waals surface area contributed by atoms with Crippen molar-refractivity contribution in [1.82, 2.24) is 0 Å². The molecule has 0 aliphatic rings. The summed E-state index contributed by atoms with van der Waals surface area (Å²) in [5.74, 6) is -0.0840. The van der Waals surface area contributed by atoms with Crippen LogP contribution in [0.25, 0.3) is 0 Å². The Labute approximate surface area is 150 Å². The summed E-state index contributed by atoms with van der Waals surface area (Å²) in [4.78, 5) is 11.6. The first-order valence-corrected chi connectivity index (χ1v) is 8.73. The Hall–Kier alpha value is -1.36. The highest BCUT2D eigenvalue weighted by molar-refractivity contribution is 8.00. The first-order chi connectivity index (χ1) is 10.9. The highest BCUT2D eigenvalue weighted by atomic mass is 35.5. The van der Waals surface area contributed by atoms with E-state index in [2.05, 4.69) is 0 Å². The quantitative estimate of drug-likeness (QED) is 0.602. The van der Waals surface area contributed by atoms with E-state index in [4.69, 9.17) is 33.7 Å². The number of nitrogens with two attached hydrogens (primary N) is 1. The average molecular weight is 370 g/mol. The minimum Gasteiger partial charge on any atom is -0.468 e. The fourth-order valence-corrected chi connectivity index (χ4v) is 4.01. The molecular formula is C17H17Cl2NO2S. The van der Waals surface area contributed by atoms with Crippen molar-refractivity contribution in [3.05, 3.63) is 63.1 Å². The lowest BCUT2D eigenvalue weighted by atomic mass is 9.99. The molecule has 0 saturated heterocycles. The molecule has 0 fully saturated rings. The number of hydrogen-bond donors (Lipinski definition) is 1. The molecule has 2 aromatic carbocycles. The first kappa shape index (κ1) is 18.0. The van der Waals surface area contributed by atoms with Gasteiger partial charge in [-0.05, 0) is 35.7 Å². The SMILES string of the molecule is COC(=O)CSC(c1ccccc1C)c1cc(Cl)cc(Cl)c1N. The molecule has 0 aliphatic carbocycles. The molecule has 1 unspecified atom stereocenters. The fourth-order valence-electron chi connectivity index (χ4n) is 2.26. The van der Waals surface area contributed by atoms with E-state index in [1.54, 1.807) is 12.1 Å². The molecule has 0 amide bonds. The number of ether oxygens (including phenoxy) is 1. The Morgan fingerprint density at radius 1 is 1.26 bits per heavy atom. The van der Waals surface area contributed by atoms with Gasteiger partial charge in [0.15, 0.2) is 0 Å². The number of esters is 1. The third-order valence-corrected chi connectivity index (χ3v) is 5.25. The van der Waals surface area contributed by atoms with Crippen LogP contribution in [-0.2, 0) is 9.53 Å². The summed E-state index contributed by atoms with van der Waals surface area (Å²) in [7, 11) is 1.37. The number of nitrogen functional groups attached to an aromatic ring is 1. The highest BCUT2D eigenvalue weighted by Crippen LogP contribution is 2.43. The van der Waals surface area contributed by atoms with Gasteiger partial charge in [-0.2, -0.15) is 0 Å².